The van der Waals surface area contributed by atoms with Gasteiger partial charge in [-0.2, -0.15) is 0 Å². The van der Waals surface area contributed by atoms with Crippen LogP contribution < -0.4 is 0 Å². The third-order valence-electron chi connectivity index (χ3n) is 0.149. The zero-order chi connectivity index (χ0) is 3.41. The van der Waals surface area contributed by atoms with Crippen LogP contribution in [0.1, 0.15) is 6.92 Å². The number of aliphatic hydroxyl groups excluding tert-OH is 1. The molecule has 0 aliphatic carbocycles. The van der Waals surface area contributed by atoms with Crippen molar-refractivity contribution in [2.75, 3.05) is 0 Å². The average Bonchev–Trinajstić information content (AvgIpc) is 1.37. The van der Waals surface area contributed by atoms with Gasteiger partial charge in [-0.25, -0.2) is 0 Å². The highest BCUT2D eigenvalue weighted by Crippen LogP contribution is 1.51. The fourth-order valence-corrected chi connectivity index (χ4v) is 0. The van der Waals surface area contributed by atoms with Crippen LogP contribution in [-0.2, 0) is 0 Å². The van der Waals surface area contributed by atoms with Crippen molar-refractivity contribution in [3.05, 3.63) is 12.3 Å². The van der Waals surface area contributed by atoms with Crippen molar-refractivity contribution in [3.63, 3.8) is 0 Å². The molecule has 5 heavy (non-hydrogen) atoms. The summed E-state index contributed by atoms with van der Waals surface area (Å²) in [5.41, 5.74) is 0. The van der Waals surface area contributed by atoms with Crippen molar-refractivity contribution in [1.29, 1.82) is 0 Å². The van der Waals surface area contributed by atoms with E-state index in [4.69, 9.17) is 5.11 Å². The van der Waals surface area contributed by atoms with Gasteiger partial charge in [-0.1, -0.05) is 6.08 Å². The minimum absolute atomic E-state index is 0. The lowest BCUT2D eigenvalue weighted by Crippen LogP contribution is -1.36. The van der Waals surface area contributed by atoms with E-state index in [-0.39, 0.29) is 5.48 Å². The number of aliphatic hydroxyl groups is 1. The Morgan fingerprint density at radius 3 is 1.80 bits per heavy atom. The molecule has 0 saturated carbocycles. The van der Waals surface area contributed by atoms with Gasteiger partial charge in [0.15, 0.2) is 0 Å². The van der Waals surface area contributed by atoms with Crippen LogP contribution in [0.3, 0.4) is 0 Å². The van der Waals surface area contributed by atoms with Gasteiger partial charge in [0, 0.05) is 0 Å². The molecule has 0 radical (unpaired) electrons. The van der Waals surface area contributed by atoms with E-state index in [2.05, 4.69) is 0 Å². The molecule has 3 N–H and O–H groups in total. The summed E-state index contributed by atoms with van der Waals surface area (Å²) in [6.45, 7) is 1.75. The first kappa shape index (κ1) is 8.82. The van der Waals surface area contributed by atoms with E-state index in [1.807, 2.05) is 0 Å². The van der Waals surface area contributed by atoms with Gasteiger partial charge in [0.25, 0.3) is 0 Å². The smallest absolute Gasteiger partial charge is 0.0748 e. The van der Waals surface area contributed by atoms with E-state index in [0.29, 0.717) is 0 Å². The molecule has 0 saturated heterocycles. The van der Waals surface area contributed by atoms with Crippen molar-refractivity contribution in [2.24, 2.45) is 0 Å². The minimum atomic E-state index is 0. The van der Waals surface area contributed by atoms with Crippen LogP contribution in [0, 0.1) is 0 Å². The second kappa shape index (κ2) is 9.72. The lowest BCUT2D eigenvalue weighted by atomic mass is 10.8. The van der Waals surface area contributed by atoms with Gasteiger partial charge in [-0.05, 0) is 6.92 Å². The quantitative estimate of drug-likeness (QED) is 0.413. The van der Waals surface area contributed by atoms with Crippen LogP contribution in [0.4, 0.5) is 0 Å². The highest BCUT2D eigenvalue weighted by Gasteiger charge is 1.35. The lowest BCUT2D eigenvalue weighted by molar-refractivity contribution is 0.472. The van der Waals surface area contributed by atoms with Crippen LogP contribution in [0.25, 0.3) is 0 Å². The molecule has 0 aromatic carbocycles. The van der Waals surface area contributed by atoms with Crippen LogP contribution >= 0.6 is 0 Å². The fraction of sp³-hybridized carbons (Fsp3) is 0.333. The Hall–Kier alpha value is -0.500. The first-order valence-electron chi connectivity index (χ1n) is 1.17. The summed E-state index contributed by atoms with van der Waals surface area (Å²) in [7, 11) is 0. The Labute approximate surface area is 31.1 Å². The first-order chi connectivity index (χ1) is 1.91. The fourth-order valence-electron chi connectivity index (χ4n) is 0. The molecule has 0 unspecified atom stereocenters. The number of rotatable bonds is 0. The van der Waals surface area contributed by atoms with E-state index < -0.39 is 0 Å². The minimum Gasteiger partial charge on any atom is -0.516 e. The first-order valence-corrected chi connectivity index (χ1v) is 1.17. The van der Waals surface area contributed by atoms with Crippen LogP contribution in [0.5, 0.6) is 0 Å². The molecule has 0 atom stereocenters. The summed E-state index contributed by atoms with van der Waals surface area (Å²) in [4.78, 5) is 0. The number of hydrogen-bond acceptors (Lipinski definition) is 1. The van der Waals surface area contributed by atoms with E-state index in [0.717, 1.165) is 6.26 Å². The van der Waals surface area contributed by atoms with E-state index >= 15 is 0 Å². The van der Waals surface area contributed by atoms with Crippen molar-refractivity contribution in [2.45, 2.75) is 6.92 Å². The lowest BCUT2D eigenvalue weighted by Gasteiger charge is -1.53. The SMILES string of the molecule is CC=CO.O. The second-order valence-electron chi connectivity index (χ2n) is 0.482. The van der Waals surface area contributed by atoms with Gasteiger partial charge in [0.1, 0.15) is 0 Å². The maximum absolute atomic E-state index is 7.69. The molecule has 0 amide bonds. The molecule has 0 aliphatic heterocycles. The number of hydrogen-bond donors (Lipinski definition) is 1. The molecule has 0 aromatic heterocycles. The Kier molecular flexibility index (Phi) is 17.1. The Morgan fingerprint density at radius 1 is 1.60 bits per heavy atom. The maximum Gasteiger partial charge on any atom is 0.0748 e. The van der Waals surface area contributed by atoms with E-state index in [1.165, 1.54) is 0 Å². The van der Waals surface area contributed by atoms with Crippen LogP contribution in [-0.4, -0.2) is 10.6 Å². The van der Waals surface area contributed by atoms with Gasteiger partial charge >= 0.3 is 0 Å². The average molecular weight is 76.1 g/mol. The molecular formula is C3H8O2. The molecule has 0 rings (SSSR count). The highest BCUT2D eigenvalue weighted by atomic mass is 16.2. The summed E-state index contributed by atoms with van der Waals surface area (Å²) in [6.07, 6.45) is 2.56. The third-order valence-corrected chi connectivity index (χ3v) is 0.149. The molecular weight excluding hydrogens is 68.0 g/mol. The van der Waals surface area contributed by atoms with Crippen LogP contribution in [0.15, 0.2) is 12.3 Å². The molecule has 0 bridgehead atoms. The molecule has 32 valence electrons. The van der Waals surface area contributed by atoms with Crippen LogP contribution in [0.2, 0.25) is 0 Å². The van der Waals surface area contributed by atoms with Crippen molar-refractivity contribution in [1.82, 2.24) is 0 Å². The van der Waals surface area contributed by atoms with Gasteiger partial charge in [0.2, 0.25) is 0 Å². The molecule has 0 aliphatic rings. The topological polar surface area (TPSA) is 51.7 Å². The Balaban J connectivity index is 0. The predicted molar refractivity (Wildman–Crippen MR) is 21.1 cm³/mol. The largest absolute Gasteiger partial charge is 0.516 e. The number of allylic oxidation sites excluding steroid dienone is 1. The summed E-state index contributed by atoms with van der Waals surface area (Å²) < 4.78 is 0. The van der Waals surface area contributed by atoms with Gasteiger partial charge in [-0.15, -0.1) is 0 Å². The van der Waals surface area contributed by atoms with Gasteiger partial charge < -0.3 is 10.6 Å². The molecule has 0 aromatic rings. The molecule has 2 nitrogen and oxygen atoms in total. The molecule has 2 heteroatoms. The third kappa shape index (κ3) is 31.5. The summed E-state index contributed by atoms with van der Waals surface area (Å²) in [5.74, 6) is 0. The monoisotopic (exact) mass is 76.1 g/mol. The molecule has 0 fully saturated rings. The van der Waals surface area contributed by atoms with E-state index in [9.17, 15) is 0 Å². The second-order valence-corrected chi connectivity index (χ2v) is 0.482. The van der Waals surface area contributed by atoms with E-state index in [1.54, 1.807) is 13.0 Å². The summed E-state index contributed by atoms with van der Waals surface area (Å²) in [6, 6.07) is 0. The molecule has 0 spiro atoms. The standard InChI is InChI=1S/C3H6O.H2O/c1-2-3-4;/h2-4H,1H3;1H2. The van der Waals surface area contributed by atoms with Crippen molar-refractivity contribution in [3.8, 4) is 0 Å². The normalized spacial score (nSPS) is 7.40. The van der Waals surface area contributed by atoms with Crippen molar-refractivity contribution < 1.29 is 10.6 Å². The highest BCUT2D eigenvalue weighted by molar-refractivity contribution is 4.60. The predicted octanol–water partition coefficient (Wildman–Crippen LogP) is 0.253. The zero-order valence-corrected chi connectivity index (χ0v) is 3.10. The van der Waals surface area contributed by atoms with Gasteiger partial charge in [-0.3, -0.25) is 0 Å². The van der Waals surface area contributed by atoms with Gasteiger partial charge in [0.05, 0.1) is 6.26 Å². The Bertz CT molecular complexity index is 20.1. The summed E-state index contributed by atoms with van der Waals surface area (Å²) in [5, 5.41) is 7.69. The zero-order valence-electron chi connectivity index (χ0n) is 3.10. The summed E-state index contributed by atoms with van der Waals surface area (Å²) >= 11 is 0. The molecule has 0 heterocycles. The maximum atomic E-state index is 7.69. The Morgan fingerprint density at radius 2 is 1.80 bits per heavy atom. The van der Waals surface area contributed by atoms with Crippen molar-refractivity contribution >= 4 is 0 Å².